The van der Waals surface area contributed by atoms with Crippen LogP contribution in [0.4, 0.5) is 0 Å². The predicted octanol–water partition coefficient (Wildman–Crippen LogP) is 2.89. The first kappa shape index (κ1) is 6.87. The Morgan fingerprint density at radius 3 is 2.67 bits per heavy atom. The zero-order valence-corrected chi connectivity index (χ0v) is 6.90. The van der Waals surface area contributed by atoms with E-state index in [1.165, 1.54) is 4.48 Å². The SMILES string of the molecule is CC1=C(Br)CCC(O)=C1. The normalized spacial score (nSPS) is 20.0. The minimum atomic E-state index is 0.496. The van der Waals surface area contributed by atoms with Gasteiger partial charge in [-0.25, -0.2) is 0 Å². The van der Waals surface area contributed by atoms with Crippen LogP contribution in [0.25, 0.3) is 0 Å². The topological polar surface area (TPSA) is 20.2 Å². The highest BCUT2D eigenvalue weighted by Crippen LogP contribution is 2.26. The van der Waals surface area contributed by atoms with E-state index in [0.29, 0.717) is 5.76 Å². The molecule has 0 aromatic rings. The maximum atomic E-state index is 9.00. The van der Waals surface area contributed by atoms with Crippen LogP contribution in [-0.2, 0) is 0 Å². The lowest BCUT2D eigenvalue weighted by Crippen LogP contribution is -1.91. The van der Waals surface area contributed by atoms with Crippen molar-refractivity contribution in [2.45, 2.75) is 19.8 Å². The number of aliphatic hydroxyl groups is 1. The van der Waals surface area contributed by atoms with Crippen LogP contribution < -0.4 is 0 Å². The van der Waals surface area contributed by atoms with E-state index in [1.54, 1.807) is 6.08 Å². The zero-order valence-electron chi connectivity index (χ0n) is 5.32. The lowest BCUT2D eigenvalue weighted by atomic mass is 10.1. The van der Waals surface area contributed by atoms with Crippen molar-refractivity contribution in [1.29, 1.82) is 0 Å². The Morgan fingerprint density at radius 1 is 1.56 bits per heavy atom. The number of hydrogen-bond acceptors (Lipinski definition) is 1. The largest absolute Gasteiger partial charge is 0.512 e. The van der Waals surface area contributed by atoms with E-state index in [1.807, 2.05) is 6.92 Å². The monoisotopic (exact) mass is 188 g/mol. The van der Waals surface area contributed by atoms with Gasteiger partial charge in [0.25, 0.3) is 0 Å². The first-order valence-corrected chi connectivity index (χ1v) is 3.74. The summed E-state index contributed by atoms with van der Waals surface area (Å²) in [5.41, 5.74) is 1.14. The van der Waals surface area contributed by atoms with Crippen molar-refractivity contribution in [2.75, 3.05) is 0 Å². The van der Waals surface area contributed by atoms with Crippen molar-refractivity contribution in [3.8, 4) is 0 Å². The molecule has 1 aliphatic rings. The van der Waals surface area contributed by atoms with E-state index in [-0.39, 0.29) is 0 Å². The Balaban J connectivity index is 2.83. The number of halogens is 1. The molecule has 1 nitrogen and oxygen atoms in total. The molecule has 1 aliphatic carbocycles. The second kappa shape index (κ2) is 2.56. The molecule has 50 valence electrons. The van der Waals surface area contributed by atoms with Gasteiger partial charge in [-0.05, 0) is 29.5 Å². The molecule has 0 amide bonds. The lowest BCUT2D eigenvalue weighted by molar-refractivity contribution is 0.386. The summed E-state index contributed by atoms with van der Waals surface area (Å²) < 4.78 is 1.21. The highest BCUT2D eigenvalue weighted by molar-refractivity contribution is 9.11. The third-order valence-electron chi connectivity index (χ3n) is 1.41. The fourth-order valence-electron chi connectivity index (χ4n) is 0.835. The summed E-state index contributed by atoms with van der Waals surface area (Å²) in [6, 6.07) is 0. The second-order valence-corrected chi connectivity index (χ2v) is 3.18. The molecular formula is C7H9BrO. The van der Waals surface area contributed by atoms with Crippen molar-refractivity contribution < 1.29 is 5.11 Å². The van der Waals surface area contributed by atoms with Crippen LogP contribution in [0.5, 0.6) is 0 Å². The molecule has 0 bridgehead atoms. The molecule has 0 atom stereocenters. The summed E-state index contributed by atoms with van der Waals surface area (Å²) in [6.07, 6.45) is 3.51. The molecule has 0 spiro atoms. The fourth-order valence-corrected chi connectivity index (χ4v) is 1.15. The summed E-state index contributed by atoms with van der Waals surface area (Å²) in [7, 11) is 0. The van der Waals surface area contributed by atoms with Gasteiger partial charge in [0.15, 0.2) is 0 Å². The summed E-state index contributed by atoms with van der Waals surface area (Å²) in [5.74, 6) is 0.496. The van der Waals surface area contributed by atoms with Crippen LogP contribution in [0, 0.1) is 0 Å². The molecule has 0 aromatic carbocycles. The van der Waals surface area contributed by atoms with Crippen LogP contribution in [0.3, 0.4) is 0 Å². The molecule has 0 fully saturated rings. The van der Waals surface area contributed by atoms with E-state index in [4.69, 9.17) is 5.11 Å². The third kappa shape index (κ3) is 1.58. The third-order valence-corrected chi connectivity index (χ3v) is 2.43. The minimum absolute atomic E-state index is 0.496. The van der Waals surface area contributed by atoms with E-state index >= 15 is 0 Å². The van der Waals surface area contributed by atoms with Crippen LogP contribution in [0.2, 0.25) is 0 Å². The number of allylic oxidation sites excluding steroid dienone is 4. The van der Waals surface area contributed by atoms with Crippen molar-refractivity contribution >= 4 is 15.9 Å². The van der Waals surface area contributed by atoms with Gasteiger partial charge >= 0.3 is 0 Å². The van der Waals surface area contributed by atoms with Gasteiger partial charge in [-0.15, -0.1) is 0 Å². The average molecular weight is 189 g/mol. The van der Waals surface area contributed by atoms with Gasteiger partial charge in [-0.1, -0.05) is 15.9 Å². The van der Waals surface area contributed by atoms with Gasteiger partial charge in [0.1, 0.15) is 0 Å². The van der Waals surface area contributed by atoms with Gasteiger partial charge in [0.05, 0.1) is 5.76 Å². The van der Waals surface area contributed by atoms with Crippen LogP contribution in [0.1, 0.15) is 19.8 Å². The molecule has 0 aliphatic heterocycles. The molecule has 1 rings (SSSR count). The summed E-state index contributed by atoms with van der Waals surface area (Å²) in [6.45, 7) is 1.99. The standard InChI is InChI=1S/C7H9BrO/c1-5-4-6(9)2-3-7(5)8/h4,9H,2-3H2,1H3. The number of rotatable bonds is 0. The van der Waals surface area contributed by atoms with Crippen molar-refractivity contribution in [2.24, 2.45) is 0 Å². The van der Waals surface area contributed by atoms with Crippen molar-refractivity contribution in [3.63, 3.8) is 0 Å². The van der Waals surface area contributed by atoms with Crippen LogP contribution >= 0.6 is 15.9 Å². The van der Waals surface area contributed by atoms with E-state index in [9.17, 15) is 0 Å². The Hall–Kier alpha value is -0.240. The molecule has 0 radical (unpaired) electrons. The smallest absolute Gasteiger partial charge is 0.0929 e. The number of aliphatic hydroxyl groups excluding tert-OH is 1. The molecule has 9 heavy (non-hydrogen) atoms. The van der Waals surface area contributed by atoms with Gasteiger partial charge in [-0.3, -0.25) is 0 Å². The minimum Gasteiger partial charge on any atom is -0.512 e. The van der Waals surface area contributed by atoms with E-state index < -0.39 is 0 Å². The van der Waals surface area contributed by atoms with Crippen LogP contribution in [0.15, 0.2) is 21.9 Å². The predicted molar refractivity (Wildman–Crippen MR) is 41.6 cm³/mol. The molecule has 0 heterocycles. The molecule has 1 N–H and O–H groups in total. The molecule has 0 aromatic heterocycles. The molecule has 0 saturated heterocycles. The molecule has 0 unspecified atom stereocenters. The van der Waals surface area contributed by atoms with Crippen molar-refractivity contribution in [1.82, 2.24) is 0 Å². The quantitative estimate of drug-likeness (QED) is 0.621. The van der Waals surface area contributed by atoms with Crippen LogP contribution in [-0.4, -0.2) is 5.11 Å². The highest BCUT2D eigenvalue weighted by atomic mass is 79.9. The Morgan fingerprint density at radius 2 is 2.22 bits per heavy atom. The zero-order chi connectivity index (χ0) is 6.85. The van der Waals surface area contributed by atoms with E-state index in [0.717, 1.165) is 18.4 Å². The maximum Gasteiger partial charge on any atom is 0.0929 e. The number of hydrogen-bond donors (Lipinski definition) is 1. The first-order chi connectivity index (χ1) is 4.20. The van der Waals surface area contributed by atoms with Gasteiger partial charge in [0, 0.05) is 6.42 Å². The fraction of sp³-hybridized carbons (Fsp3) is 0.429. The Bertz CT molecular complexity index is 179. The van der Waals surface area contributed by atoms with Gasteiger partial charge in [0.2, 0.25) is 0 Å². The summed E-state index contributed by atoms with van der Waals surface area (Å²) in [4.78, 5) is 0. The van der Waals surface area contributed by atoms with Gasteiger partial charge < -0.3 is 5.11 Å². The Labute approximate surface area is 63.2 Å². The molecular weight excluding hydrogens is 180 g/mol. The summed E-state index contributed by atoms with van der Waals surface area (Å²) >= 11 is 3.41. The molecule has 0 saturated carbocycles. The van der Waals surface area contributed by atoms with E-state index in [2.05, 4.69) is 15.9 Å². The lowest BCUT2D eigenvalue weighted by Gasteiger charge is -2.08. The molecule has 2 heteroatoms. The highest BCUT2D eigenvalue weighted by Gasteiger charge is 2.05. The van der Waals surface area contributed by atoms with Crippen molar-refractivity contribution in [3.05, 3.63) is 21.9 Å². The first-order valence-electron chi connectivity index (χ1n) is 2.95. The maximum absolute atomic E-state index is 9.00. The van der Waals surface area contributed by atoms with Gasteiger partial charge in [-0.2, -0.15) is 0 Å². The second-order valence-electron chi connectivity index (χ2n) is 2.22. The summed E-state index contributed by atoms with van der Waals surface area (Å²) in [5, 5.41) is 9.00. The Kier molecular flexibility index (Phi) is 1.96. The average Bonchev–Trinajstić information content (AvgIpc) is 1.80.